The van der Waals surface area contributed by atoms with Gasteiger partial charge in [-0.25, -0.2) is 0 Å². The van der Waals surface area contributed by atoms with E-state index in [4.69, 9.17) is 0 Å². The predicted molar refractivity (Wildman–Crippen MR) is 152 cm³/mol. The zero-order valence-corrected chi connectivity index (χ0v) is 22.7. The monoisotopic (exact) mass is 518 g/mol. The van der Waals surface area contributed by atoms with Crippen LogP contribution in [-0.4, -0.2) is 36.6 Å². The topological polar surface area (TPSA) is 98.7 Å². The molecule has 3 aromatic carbocycles. The molecule has 2 amide bonds. The molecule has 7 heteroatoms. The van der Waals surface area contributed by atoms with Gasteiger partial charge in [0.2, 0.25) is 11.8 Å². The number of anilines is 1. The van der Waals surface area contributed by atoms with Gasteiger partial charge in [-0.2, -0.15) is 0 Å². The van der Waals surface area contributed by atoms with Gasteiger partial charge in [0.05, 0.1) is 0 Å². The van der Waals surface area contributed by atoms with E-state index < -0.39 is 13.4 Å². The summed E-state index contributed by atoms with van der Waals surface area (Å²) in [4.78, 5) is 36.8. The number of hydrogen-bond donors (Lipinski definition) is 4. The lowest BCUT2D eigenvalue weighted by Crippen LogP contribution is -2.67. The molecule has 0 saturated heterocycles. The summed E-state index contributed by atoms with van der Waals surface area (Å²) in [6, 6.07) is 26.0. The molecule has 196 valence electrons. The summed E-state index contributed by atoms with van der Waals surface area (Å²) in [7, 11) is -3.15. The van der Waals surface area contributed by atoms with Crippen LogP contribution in [0.15, 0.2) is 84.9 Å². The summed E-state index contributed by atoms with van der Waals surface area (Å²) in [5.74, 6) is 0.0884. The van der Waals surface area contributed by atoms with Gasteiger partial charge in [-0.05, 0) is 47.5 Å². The van der Waals surface area contributed by atoms with E-state index in [1.165, 1.54) is 12.1 Å². The zero-order chi connectivity index (χ0) is 26.7. The molecule has 0 aromatic heterocycles. The molecule has 4 N–H and O–H groups in total. The zero-order valence-electron chi connectivity index (χ0n) is 21.7. The first-order valence-electron chi connectivity index (χ1n) is 12.9. The lowest BCUT2D eigenvalue weighted by molar-refractivity contribution is -0.121. The lowest BCUT2D eigenvalue weighted by atomic mass is 10.1. The van der Waals surface area contributed by atoms with Crippen LogP contribution in [0.2, 0.25) is 5.04 Å². The molecule has 0 aliphatic heterocycles. The molecule has 0 fully saturated rings. The second-order valence-electron chi connectivity index (χ2n) is 10.1. The first-order chi connectivity index (χ1) is 17.7. The molecule has 3 aromatic rings. The van der Waals surface area contributed by atoms with Crippen LogP contribution in [-0.2, 0) is 9.59 Å². The normalized spacial score (nSPS) is 11.6. The second-order valence-corrected chi connectivity index (χ2v) is 14.0. The largest absolute Gasteiger partial charge is 0.508 e. The number of hydrogen-bond acceptors (Lipinski definition) is 4. The van der Waals surface area contributed by atoms with Gasteiger partial charge in [0.15, 0.2) is 0 Å². The summed E-state index contributed by atoms with van der Waals surface area (Å²) in [5, 5.41) is 16.5. The van der Waals surface area contributed by atoms with E-state index in [0.29, 0.717) is 25.1 Å². The van der Waals surface area contributed by atoms with Gasteiger partial charge >= 0.3 is 0 Å². The number of carbonyl (C=O) groups is 2. The smallest absolute Gasteiger partial charge is 0.260 e. The Labute approximate surface area is 220 Å². The third-order valence-electron chi connectivity index (χ3n) is 6.80. The minimum absolute atomic E-state index is 0.0179. The van der Waals surface area contributed by atoms with Crippen molar-refractivity contribution in [2.24, 2.45) is 0 Å². The molecular formula is C30H38N2O4Si. The molecule has 0 aliphatic rings. The SMILES string of the molecule is CC(C)(CNC(=O)CCCCCCC(=O)Nc1ccc(O)cc1)[Si](O)(c1ccccc1)c1ccccc1. The van der Waals surface area contributed by atoms with E-state index in [9.17, 15) is 19.5 Å². The van der Waals surface area contributed by atoms with Crippen molar-refractivity contribution in [2.75, 3.05) is 11.9 Å². The average Bonchev–Trinajstić information content (AvgIpc) is 2.91. The predicted octanol–water partition coefficient (Wildman–Crippen LogP) is 4.32. The Bertz CT molecular complexity index is 1100. The van der Waals surface area contributed by atoms with Crippen molar-refractivity contribution in [1.29, 1.82) is 0 Å². The summed E-state index contributed by atoms with van der Waals surface area (Å²) < 4.78 is 0. The van der Waals surface area contributed by atoms with Gasteiger partial charge in [-0.3, -0.25) is 9.59 Å². The van der Waals surface area contributed by atoms with Crippen molar-refractivity contribution in [3.8, 4) is 5.75 Å². The van der Waals surface area contributed by atoms with Gasteiger partial charge in [0, 0.05) is 30.1 Å². The Hall–Kier alpha value is -3.42. The summed E-state index contributed by atoms with van der Waals surface area (Å²) in [5.41, 5.74) is 0.664. The van der Waals surface area contributed by atoms with Gasteiger partial charge < -0.3 is 20.5 Å². The van der Waals surface area contributed by atoms with Crippen molar-refractivity contribution in [3.05, 3.63) is 84.9 Å². The lowest BCUT2D eigenvalue weighted by Gasteiger charge is -2.41. The molecule has 0 aliphatic carbocycles. The van der Waals surface area contributed by atoms with E-state index in [1.807, 2.05) is 74.5 Å². The Kier molecular flexibility index (Phi) is 10.1. The standard InChI is InChI=1S/C30H38N2O4Si/c1-30(2,37(36,26-13-7-5-8-14-26)27-15-9-6-10-16-27)23-31-28(34)17-11-3-4-12-18-29(35)32-24-19-21-25(33)22-20-24/h5-10,13-16,19-22,33,36H,3-4,11-12,17-18,23H2,1-2H3,(H,31,34)(H,32,35). The number of unbranched alkanes of at least 4 members (excludes halogenated alkanes) is 3. The van der Waals surface area contributed by atoms with Crippen LogP contribution in [0.4, 0.5) is 5.69 Å². The maximum Gasteiger partial charge on any atom is 0.260 e. The maximum atomic E-state index is 12.6. The Morgan fingerprint density at radius 2 is 1.22 bits per heavy atom. The molecule has 0 bridgehead atoms. The average molecular weight is 519 g/mol. The first-order valence-corrected chi connectivity index (χ1v) is 14.9. The van der Waals surface area contributed by atoms with E-state index in [2.05, 4.69) is 10.6 Å². The molecular weight excluding hydrogens is 480 g/mol. The molecule has 0 spiro atoms. The third kappa shape index (κ3) is 7.78. The fourth-order valence-electron chi connectivity index (χ4n) is 4.54. The molecule has 0 radical (unpaired) electrons. The first kappa shape index (κ1) is 28.2. The van der Waals surface area contributed by atoms with Crippen LogP contribution in [0.25, 0.3) is 0 Å². The summed E-state index contributed by atoms with van der Waals surface area (Å²) in [6.45, 7) is 4.45. The van der Waals surface area contributed by atoms with E-state index in [0.717, 1.165) is 36.1 Å². The maximum absolute atomic E-state index is 12.6. The van der Waals surface area contributed by atoms with E-state index in [1.54, 1.807) is 12.1 Å². The van der Waals surface area contributed by atoms with Crippen LogP contribution in [0.3, 0.4) is 0 Å². The number of phenols is 1. The fourth-order valence-corrected chi connectivity index (χ4v) is 8.13. The molecule has 0 saturated carbocycles. The number of nitrogens with one attached hydrogen (secondary N) is 2. The van der Waals surface area contributed by atoms with Crippen molar-refractivity contribution in [2.45, 2.75) is 57.4 Å². The van der Waals surface area contributed by atoms with Crippen LogP contribution < -0.4 is 21.0 Å². The van der Waals surface area contributed by atoms with E-state index >= 15 is 0 Å². The second kappa shape index (κ2) is 13.2. The van der Waals surface area contributed by atoms with Crippen molar-refractivity contribution >= 4 is 36.2 Å². The molecule has 6 nitrogen and oxygen atoms in total. The highest BCUT2D eigenvalue weighted by atomic mass is 28.4. The fraction of sp³-hybridized carbons (Fsp3) is 0.333. The van der Waals surface area contributed by atoms with Crippen molar-refractivity contribution < 1.29 is 19.5 Å². The number of aromatic hydroxyl groups is 1. The molecule has 37 heavy (non-hydrogen) atoms. The number of carbonyl (C=O) groups excluding carboxylic acids is 2. The van der Waals surface area contributed by atoms with Crippen LogP contribution in [0.5, 0.6) is 5.75 Å². The molecule has 0 atom stereocenters. The summed E-state index contributed by atoms with van der Waals surface area (Å²) in [6.07, 6.45) is 4.10. The highest BCUT2D eigenvalue weighted by Crippen LogP contribution is 2.34. The van der Waals surface area contributed by atoms with Gasteiger partial charge in [-0.15, -0.1) is 0 Å². The van der Waals surface area contributed by atoms with Crippen molar-refractivity contribution in [3.63, 3.8) is 0 Å². The molecule has 0 heterocycles. The minimum atomic E-state index is -3.15. The highest BCUT2D eigenvalue weighted by molar-refractivity contribution is 6.98. The highest BCUT2D eigenvalue weighted by Gasteiger charge is 2.50. The van der Waals surface area contributed by atoms with Crippen LogP contribution in [0, 0.1) is 0 Å². The van der Waals surface area contributed by atoms with Crippen molar-refractivity contribution in [1.82, 2.24) is 5.32 Å². The number of phenolic OH excluding ortho intramolecular Hbond substituents is 1. The van der Waals surface area contributed by atoms with Crippen LogP contribution >= 0.6 is 0 Å². The van der Waals surface area contributed by atoms with Gasteiger partial charge in [0.25, 0.3) is 8.32 Å². The number of rotatable bonds is 13. The number of amides is 2. The van der Waals surface area contributed by atoms with E-state index in [-0.39, 0.29) is 17.6 Å². The Balaban J connectivity index is 1.42. The number of benzene rings is 3. The molecule has 0 unspecified atom stereocenters. The summed E-state index contributed by atoms with van der Waals surface area (Å²) >= 11 is 0. The Morgan fingerprint density at radius 3 is 1.73 bits per heavy atom. The Morgan fingerprint density at radius 1 is 0.730 bits per heavy atom. The molecule has 3 rings (SSSR count). The third-order valence-corrected chi connectivity index (χ3v) is 11.3. The minimum Gasteiger partial charge on any atom is -0.508 e. The quantitative estimate of drug-likeness (QED) is 0.154. The van der Waals surface area contributed by atoms with Gasteiger partial charge in [-0.1, -0.05) is 87.4 Å². The van der Waals surface area contributed by atoms with Crippen LogP contribution in [0.1, 0.15) is 52.4 Å². The van der Waals surface area contributed by atoms with Gasteiger partial charge in [0.1, 0.15) is 5.75 Å².